The van der Waals surface area contributed by atoms with Crippen molar-refractivity contribution >= 4 is 26.0 Å². The lowest BCUT2D eigenvalue weighted by Crippen LogP contribution is -2.47. The van der Waals surface area contributed by atoms with E-state index in [2.05, 4.69) is 9.44 Å². The first-order valence-corrected chi connectivity index (χ1v) is 10.5. The van der Waals surface area contributed by atoms with Gasteiger partial charge in [0.25, 0.3) is 0 Å². The maximum Gasteiger partial charge on any atom is 0.322 e. The lowest BCUT2D eigenvalue weighted by atomic mass is 10.0. The first-order valence-electron chi connectivity index (χ1n) is 7.36. The van der Waals surface area contributed by atoms with Gasteiger partial charge in [0.05, 0.1) is 10.6 Å². The van der Waals surface area contributed by atoms with Crippen molar-refractivity contribution in [2.24, 2.45) is 5.92 Å². The van der Waals surface area contributed by atoms with Crippen molar-refractivity contribution in [3.63, 3.8) is 0 Å². The zero-order valence-corrected chi connectivity index (χ0v) is 15.1. The molecule has 1 aromatic rings. The smallest absolute Gasteiger partial charge is 0.322 e. The highest BCUT2D eigenvalue weighted by Gasteiger charge is 2.28. The molecule has 0 aliphatic rings. The third-order valence-corrected chi connectivity index (χ3v) is 6.33. The average molecular weight is 378 g/mol. The number of sulfonamides is 2. The first kappa shape index (κ1) is 20.6. The monoisotopic (exact) mass is 378 g/mol. The molecule has 0 spiro atoms. The van der Waals surface area contributed by atoms with E-state index in [1.165, 1.54) is 12.1 Å². The van der Waals surface area contributed by atoms with Gasteiger partial charge in [-0.15, -0.1) is 0 Å². The number of benzene rings is 1. The van der Waals surface area contributed by atoms with Crippen LogP contribution in [0.25, 0.3) is 0 Å². The summed E-state index contributed by atoms with van der Waals surface area (Å²) in [7, 11) is -7.75. The fourth-order valence-electron chi connectivity index (χ4n) is 1.89. The second kappa shape index (κ2) is 8.56. The highest BCUT2D eigenvalue weighted by atomic mass is 32.2. The molecule has 3 N–H and O–H groups in total. The van der Waals surface area contributed by atoms with Crippen molar-refractivity contribution in [3.8, 4) is 0 Å². The van der Waals surface area contributed by atoms with Crippen LogP contribution in [0.5, 0.6) is 0 Å². The van der Waals surface area contributed by atoms with E-state index >= 15 is 0 Å². The molecular weight excluding hydrogens is 356 g/mol. The normalized spacial score (nSPS) is 14.9. The van der Waals surface area contributed by atoms with Crippen LogP contribution >= 0.6 is 0 Å². The number of aliphatic carboxylic acids is 1. The quantitative estimate of drug-likeness (QED) is 0.540. The molecule has 8 nitrogen and oxygen atoms in total. The number of rotatable bonds is 10. The van der Waals surface area contributed by atoms with Gasteiger partial charge in [-0.25, -0.2) is 26.3 Å². The minimum absolute atomic E-state index is 0.0263. The fourth-order valence-corrected chi connectivity index (χ4v) is 4.28. The molecule has 0 amide bonds. The van der Waals surface area contributed by atoms with Gasteiger partial charge in [0.1, 0.15) is 6.04 Å². The molecule has 1 aromatic carbocycles. The molecule has 0 heterocycles. The molecule has 24 heavy (non-hydrogen) atoms. The Morgan fingerprint density at radius 3 is 2.25 bits per heavy atom. The molecule has 2 atom stereocenters. The van der Waals surface area contributed by atoms with Crippen molar-refractivity contribution in [2.75, 3.05) is 12.3 Å². The number of carboxylic acid groups (broad SMARTS) is 1. The number of hydrogen-bond acceptors (Lipinski definition) is 5. The van der Waals surface area contributed by atoms with Gasteiger partial charge in [0.2, 0.25) is 20.0 Å². The molecule has 0 fully saturated rings. The highest BCUT2D eigenvalue weighted by Crippen LogP contribution is 2.10. The molecule has 0 unspecified atom stereocenters. The zero-order valence-electron chi connectivity index (χ0n) is 13.5. The molecule has 0 saturated carbocycles. The predicted molar refractivity (Wildman–Crippen MR) is 89.4 cm³/mol. The third kappa shape index (κ3) is 6.19. The van der Waals surface area contributed by atoms with Gasteiger partial charge in [-0.05, 0) is 18.1 Å². The summed E-state index contributed by atoms with van der Waals surface area (Å²) in [6, 6.07) is 6.30. The number of carbonyl (C=O) groups is 1. The summed E-state index contributed by atoms with van der Waals surface area (Å²) in [6.07, 6.45) is 0.486. The average Bonchev–Trinajstić information content (AvgIpc) is 2.52. The van der Waals surface area contributed by atoms with E-state index in [1.54, 1.807) is 32.0 Å². The van der Waals surface area contributed by atoms with Crippen LogP contribution in [-0.2, 0) is 24.8 Å². The summed E-state index contributed by atoms with van der Waals surface area (Å²) in [6.45, 7) is 3.02. The van der Waals surface area contributed by atoms with Gasteiger partial charge in [0, 0.05) is 6.54 Å². The maximum absolute atomic E-state index is 12.0. The van der Waals surface area contributed by atoms with Crippen LogP contribution in [0.4, 0.5) is 0 Å². The molecular formula is C14H22N2O6S2. The second-order valence-electron chi connectivity index (χ2n) is 5.35. The second-order valence-corrected chi connectivity index (χ2v) is 8.99. The highest BCUT2D eigenvalue weighted by molar-refractivity contribution is 7.90. The minimum atomic E-state index is -3.94. The Morgan fingerprint density at radius 1 is 1.17 bits per heavy atom. The van der Waals surface area contributed by atoms with Gasteiger partial charge in [-0.3, -0.25) is 4.79 Å². The summed E-state index contributed by atoms with van der Waals surface area (Å²) in [5.41, 5.74) is 0. The van der Waals surface area contributed by atoms with Crippen molar-refractivity contribution in [2.45, 2.75) is 31.2 Å². The van der Waals surface area contributed by atoms with Crippen molar-refractivity contribution in [1.29, 1.82) is 0 Å². The van der Waals surface area contributed by atoms with Gasteiger partial charge < -0.3 is 5.11 Å². The Kier molecular flexibility index (Phi) is 7.33. The Labute approximate surface area is 142 Å². The maximum atomic E-state index is 12.0. The van der Waals surface area contributed by atoms with Crippen LogP contribution in [0, 0.1) is 5.92 Å². The summed E-state index contributed by atoms with van der Waals surface area (Å²) in [4.78, 5) is 11.2. The SMILES string of the molecule is CC[C@H](C)[C@H](NS(=O)(=O)CCNS(=O)(=O)c1ccccc1)C(=O)O. The summed E-state index contributed by atoms with van der Waals surface area (Å²) in [5, 5.41) is 9.10. The molecule has 0 saturated heterocycles. The molecule has 10 heteroatoms. The topological polar surface area (TPSA) is 130 Å². The largest absolute Gasteiger partial charge is 0.480 e. The summed E-state index contributed by atoms with van der Waals surface area (Å²) >= 11 is 0. The van der Waals surface area contributed by atoms with Crippen LogP contribution in [0.3, 0.4) is 0 Å². The third-order valence-electron chi connectivity index (χ3n) is 3.50. The van der Waals surface area contributed by atoms with Crippen LogP contribution in [0.2, 0.25) is 0 Å². The van der Waals surface area contributed by atoms with E-state index in [9.17, 15) is 21.6 Å². The van der Waals surface area contributed by atoms with Crippen molar-refractivity contribution in [3.05, 3.63) is 30.3 Å². The van der Waals surface area contributed by atoms with E-state index in [-0.39, 0.29) is 11.4 Å². The van der Waals surface area contributed by atoms with E-state index in [0.717, 1.165) is 0 Å². The molecule has 0 aliphatic carbocycles. The number of carboxylic acids is 1. The van der Waals surface area contributed by atoms with Crippen LogP contribution in [0.1, 0.15) is 20.3 Å². The van der Waals surface area contributed by atoms with E-state index in [0.29, 0.717) is 6.42 Å². The lowest BCUT2D eigenvalue weighted by molar-refractivity contribution is -0.140. The Bertz CT molecular complexity index is 747. The van der Waals surface area contributed by atoms with Crippen molar-refractivity contribution in [1.82, 2.24) is 9.44 Å². The van der Waals surface area contributed by atoms with Gasteiger partial charge >= 0.3 is 5.97 Å². The molecule has 0 radical (unpaired) electrons. The Balaban J connectivity index is 2.67. The van der Waals surface area contributed by atoms with Gasteiger partial charge in [0.15, 0.2) is 0 Å². The standard InChI is InChI=1S/C14H22N2O6S2/c1-3-11(2)13(14(17)18)16-23(19,20)10-9-15-24(21,22)12-7-5-4-6-8-12/h4-8,11,13,15-16H,3,9-10H2,1-2H3,(H,17,18)/t11-,13-/m0/s1. The summed E-state index contributed by atoms with van der Waals surface area (Å²) in [5.74, 6) is -2.21. The Hall–Kier alpha value is -1.49. The van der Waals surface area contributed by atoms with Crippen LogP contribution < -0.4 is 9.44 Å². The Morgan fingerprint density at radius 2 is 1.75 bits per heavy atom. The molecule has 0 aromatic heterocycles. The predicted octanol–water partition coefficient (Wildman–Crippen LogP) is 0.384. The van der Waals surface area contributed by atoms with Gasteiger partial charge in [-0.1, -0.05) is 38.5 Å². The van der Waals surface area contributed by atoms with E-state index < -0.39 is 43.7 Å². The van der Waals surface area contributed by atoms with Gasteiger partial charge in [-0.2, -0.15) is 0 Å². The molecule has 136 valence electrons. The first-order chi connectivity index (χ1) is 11.1. The van der Waals surface area contributed by atoms with Crippen LogP contribution in [-0.4, -0.2) is 46.3 Å². The molecule has 0 bridgehead atoms. The molecule has 0 aliphatic heterocycles. The zero-order chi connectivity index (χ0) is 18.4. The van der Waals surface area contributed by atoms with Crippen molar-refractivity contribution < 1.29 is 26.7 Å². The van der Waals surface area contributed by atoms with E-state index in [1.807, 2.05) is 0 Å². The van der Waals surface area contributed by atoms with E-state index in [4.69, 9.17) is 5.11 Å². The number of nitrogens with one attached hydrogen (secondary N) is 2. The number of hydrogen-bond donors (Lipinski definition) is 3. The lowest BCUT2D eigenvalue weighted by Gasteiger charge is -2.20. The molecule has 1 rings (SSSR count). The minimum Gasteiger partial charge on any atom is -0.480 e. The summed E-state index contributed by atoms with van der Waals surface area (Å²) < 4.78 is 52.2. The van der Waals surface area contributed by atoms with Crippen LogP contribution in [0.15, 0.2) is 35.2 Å². The fraction of sp³-hybridized carbons (Fsp3) is 0.500.